The highest BCUT2D eigenvalue weighted by molar-refractivity contribution is 5.65. The van der Waals surface area contributed by atoms with Gasteiger partial charge in [0.15, 0.2) is 6.54 Å². The summed E-state index contributed by atoms with van der Waals surface area (Å²) < 4.78 is 5.01. The van der Waals surface area contributed by atoms with Gasteiger partial charge in [-0.05, 0) is 0 Å². The third-order valence-corrected chi connectivity index (χ3v) is 4.11. The van der Waals surface area contributed by atoms with Crippen molar-refractivity contribution in [2.24, 2.45) is 0 Å². The maximum atomic E-state index is 11.5. The lowest BCUT2D eigenvalue weighted by Gasteiger charge is -2.42. The van der Waals surface area contributed by atoms with Crippen molar-refractivity contribution in [3.63, 3.8) is 0 Å². The Morgan fingerprint density at radius 3 is 2.52 bits per heavy atom. The minimum Gasteiger partial charge on any atom is -0.544 e. The maximum absolute atomic E-state index is 11.5. The van der Waals surface area contributed by atoms with E-state index < -0.39 is 33.4 Å². The Hall–Kier alpha value is -2.23. The lowest BCUT2D eigenvalue weighted by atomic mass is 9.71. The number of quaternary nitrogens is 1. The Kier molecular flexibility index (Phi) is 3.58. The molecule has 10 heteroatoms. The van der Waals surface area contributed by atoms with Crippen molar-refractivity contribution in [2.45, 2.75) is 23.9 Å². The van der Waals surface area contributed by atoms with E-state index in [4.69, 9.17) is 4.74 Å². The minimum atomic E-state index is -1.68. The van der Waals surface area contributed by atoms with Crippen LogP contribution in [-0.2, 0) is 9.53 Å². The van der Waals surface area contributed by atoms with Crippen LogP contribution in [0.1, 0.15) is 12.8 Å². The number of nitro groups is 2. The number of hydrogen-bond donors (Lipinski definition) is 1. The number of likely N-dealkylation sites (tertiary alicyclic amines) is 1. The summed E-state index contributed by atoms with van der Waals surface area (Å²) in [6.07, 6.45) is 0.940. The highest BCUT2D eigenvalue weighted by atomic mass is 16.6. The van der Waals surface area contributed by atoms with Gasteiger partial charge in [-0.25, -0.2) is 0 Å². The van der Waals surface area contributed by atoms with Crippen molar-refractivity contribution in [3.05, 3.63) is 32.1 Å². The third kappa shape index (κ3) is 2.53. The van der Waals surface area contributed by atoms with Crippen LogP contribution in [0, 0.1) is 20.2 Å². The van der Waals surface area contributed by atoms with E-state index in [1.165, 1.54) is 13.2 Å². The molecule has 0 aromatic rings. The van der Waals surface area contributed by atoms with Crippen molar-refractivity contribution in [1.82, 2.24) is 0 Å². The summed E-state index contributed by atoms with van der Waals surface area (Å²) in [5.74, 6) is -1.19. The summed E-state index contributed by atoms with van der Waals surface area (Å²) >= 11 is 0. The number of rotatable bonds is 5. The second kappa shape index (κ2) is 4.95. The van der Waals surface area contributed by atoms with Gasteiger partial charge in [0.25, 0.3) is 11.1 Å². The fourth-order valence-electron chi connectivity index (χ4n) is 3.39. The van der Waals surface area contributed by atoms with Crippen LogP contribution in [0.25, 0.3) is 0 Å². The first kappa shape index (κ1) is 15.2. The van der Waals surface area contributed by atoms with E-state index in [1.54, 1.807) is 0 Å². The van der Waals surface area contributed by atoms with Gasteiger partial charge in [0.1, 0.15) is 25.3 Å². The van der Waals surface area contributed by atoms with Gasteiger partial charge in [0, 0.05) is 15.9 Å². The molecule has 1 N–H and O–H groups in total. The summed E-state index contributed by atoms with van der Waals surface area (Å²) in [5, 5.41) is 33.7. The van der Waals surface area contributed by atoms with Gasteiger partial charge in [0.2, 0.25) is 0 Å². The fourth-order valence-corrected chi connectivity index (χ4v) is 3.39. The van der Waals surface area contributed by atoms with Crippen LogP contribution >= 0.6 is 0 Å². The first-order valence-electron chi connectivity index (χ1n) is 6.31. The molecule has 1 heterocycles. The summed E-state index contributed by atoms with van der Waals surface area (Å²) in [6, 6.07) is 0. The number of carbonyl (C=O) groups is 1. The van der Waals surface area contributed by atoms with Gasteiger partial charge in [-0.3, -0.25) is 20.2 Å². The van der Waals surface area contributed by atoms with Crippen LogP contribution in [0.15, 0.2) is 11.8 Å². The first-order valence-corrected chi connectivity index (χ1v) is 6.31. The Labute approximate surface area is 119 Å². The number of nitrogens with zero attached hydrogens (tertiary/aromatic N) is 2. The number of carboxylic acid groups (broad SMARTS) is 1. The lowest BCUT2D eigenvalue weighted by molar-refractivity contribution is -0.938. The summed E-state index contributed by atoms with van der Waals surface area (Å²) in [4.78, 5) is 32.8. The molecule has 21 heavy (non-hydrogen) atoms. The monoisotopic (exact) mass is 301 g/mol. The quantitative estimate of drug-likeness (QED) is 0.421. The summed E-state index contributed by atoms with van der Waals surface area (Å²) in [6.45, 7) is -0.748. The molecule has 1 fully saturated rings. The number of aliphatic carboxylic acids is 1. The van der Waals surface area contributed by atoms with E-state index in [0.717, 1.165) is 0 Å². The zero-order valence-corrected chi connectivity index (χ0v) is 11.4. The molecule has 0 spiro atoms. The molecule has 1 aliphatic heterocycles. The average molecular weight is 301 g/mol. The third-order valence-electron chi connectivity index (χ3n) is 4.11. The molecular weight excluding hydrogens is 286 g/mol. The van der Waals surface area contributed by atoms with Crippen LogP contribution in [0.3, 0.4) is 0 Å². The molecule has 2 rings (SSSR count). The molecule has 0 amide bonds. The molecule has 0 aromatic heterocycles. The van der Waals surface area contributed by atoms with Crippen LogP contribution in [0.2, 0.25) is 0 Å². The van der Waals surface area contributed by atoms with Gasteiger partial charge in [-0.15, -0.1) is 0 Å². The number of piperidine rings is 1. The van der Waals surface area contributed by atoms with Crippen LogP contribution in [-0.4, -0.2) is 53.6 Å². The predicted octanol–water partition coefficient (Wildman–Crippen LogP) is -3.01. The first-order chi connectivity index (χ1) is 9.73. The van der Waals surface area contributed by atoms with Crippen molar-refractivity contribution in [2.75, 3.05) is 26.7 Å². The summed E-state index contributed by atoms with van der Waals surface area (Å²) in [7, 11) is 1.31. The normalized spacial score (nSPS) is 34.7. The fraction of sp³-hybridized carbons (Fsp3) is 0.727. The molecule has 2 aliphatic rings. The van der Waals surface area contributed by atoms with E-state index >= 15 is 0 Å². The van der Waals surface area contributed by atoms with Crippen molar-refractivity contribution >= 4 is 5.97 Å². The molecule has 1 aliphatic carbocycles. The second-order valence-corrected chi connectivity index (χ2v) is 5.66. The van der Waals surface area contributed by atoms with Gasteiger partial charge >= 0.3 is 0 Å². The predicted molar refractivity (Wildman–Crippen MR) is 64.3 cm³/mol. The second-order valence-electron chi connectivity index (χ2n) is 5.66. The number of nitrogens with one attached hydrogen (secondary N) is 1. The Morgan fingerprint density at radius 2 is 2.05 bits per heavy atom. The average Bonchev–Trinajstić information content (AvgIpc) is 2.36. The summed E-state index contributed by atoms with van der Waals surface area (Å²) in [5.41, 5.74) is -3.27. The molecule has 2 bridgehead atoms. The standard InChI is InChI=1S/C11H15N3O7/c1-21-8-2-10(13(17)18)5-11(3-8,14(19)20)7-12(6-10)4-9(15)16/h2H,3-7H2,1H3,(H,15,16)/t10-,11+/m1/s1. The Balaban J connectivity index is 2.48. The van der Waals surface area contributed by atoms with Gasteiger partial charge in [-0.2, -0.15) is 0 Å². The minimum absolute atomic E-state index is 0.0807. The number of ether oxygens (including phenoxy) is 1. The largest absolute Gasteiger partial charge is 0.544 e. The van der Waals surface area contributed by atoms with Gasteiger partial charge in [0.05, 0.1) is 19.5 Å². The lowest BCUT2D eigenvalue weighted by Crippen LogP contribution is -3.19. The van der Waals surface area contributed by atoms with Crippen LogP contribution < -0.4 is 10.0 Å². The highest BCUT2D eigenvalue weighted by Gasteiger charge is 2.67. The van der Waals surface area contributed by atoms with E-state index in [1.807, 2.05) is 0 Å². The number of carboxylic acids is 1. The molecule has 1 unspecified atom stereocenters. The molecular formula is C11H15N3O7. The van der Waals surface area contributed by atoms with Gasteiger partial charge in [-0.1, -0.05) is 0 Å². The smallest absolute Gasteiger partial charge is 0.298 e. The molecule has 1 saturated heterocycles. The SMILES string of the molecule is COC1=C[C@]2([N+](=O)[O-])C[NH+](CC(=O)[O-])C[C@]([N+](=O)[O-])(C1)C2. The zero-order chi connectivity index (χ0) is 15.8. The van der Waals surface area contributed by atoms with Crippen LogP contribution in [0.4, 0.5) is 0 Å². The number of fused-ring (bicyclic) bond motifs is 2. The van der Waals surface area contributed by atoms with Crippen molar-refractivity contribution < 1.29 is 29.4 Å². The topological polar surface area (TPSA) is 140 Å². The molecule has 0 aromatic carbocycles. The van der Waals surface area contributed by atoms with E-state index in [2.05, 4.69) is 0 Å². The Bertz CT molecular complexity index is 534. The zero-order valence-electron chi connectivity index (χ0n) is 11.4. The van der Waals surface area contributed by atoms with Gasteiger partial charge < -0.3 is 19.5 Å². The van der Waals surface area contributed by atoms with Crippen molar-refractivity contribution in [1.29, 1.82) is 0 Å². The van der Waals surface area contributed by atoms with Crippen molar-refractivity contribution in [3.8, 4) is 0 Å². The number of carbonyl (C=O) groups excluding carboxylic acids is 1. The van der Waals surface area contributed by atoms with E-state index in [-0.39, 0.29) is 36.6 Å². The molecule has 10 nitrogen and oxygen atoms in total. The number of methoxy groups -OCH3 is 1. The molecule has 3 atom stereocenters. The molecule has 0 radical (unpaired) electrons. The van der Waals surface area contributed by atoms with E-state index in [9.17, 15) is 30.1 Å². The highest BCUT2D eigenvalue weighted by Crippen LogP contribution is 2.39. The van der Waals surface area contributed by atoms with Crippen LogP contribution in [0.5, 0.6) is 0 Å². The molecule has 0 saturated carbocycles. The van der Waals surface area contributed by atoms with E-state index in [0.29, 0.717) is 0 Å². The maximum Gasteiger partial charge on any atom is 0.298 e. The Morgan fingerprint density at radius 1 is 1.38 bits per heavy atom. The number of hydrogen-bond acceptors (Lipinski definition) is 7. The molecule has 116 valence electrons.